The molecule has 0 bridgehead atoms. The Morgan fingerprint density at radius 3 is 2.63 bits per heavy atom. The number of amides is 1. The van der Waals surface area contributed by atoms with Gasteiger partial charge in [0.1, 0.15) is 5.75 Å². The van der Waals surface area contributed by atoms with Gasteiger partial charge in [0.15, 0.2) is 0 Å². The smallest absolute Gasteiger partial charge is 0.222 e. The molecule has 0 heterocycles. The SMILES string of the molecule is CCOc1ccc(CNC(=O)CC(C)(C)N)cc1C. The Bertz CT molecular complexity index is 436. The van der Waals surface area contributed by atoms with Crippen LogP contribution < -0.4 is 15.8 Å². The molecule has 0 aliphatic carbocycles. The molecule has 1 amide bonds. The summed E-state index contributed by atoms with van der Waals surface area (Å²) in [6.45, 7) is 8.81. The highest BCUT2D eigenvalue weighted by atomic mass is 16.5. The van der Waals surface area contributed by atoms with Crippen molar-refractivity contribution < 1.29 is 9.53 Å². The normalized spacial score (nSPS) is 11.2. The van der Waals surface area contributed by atoms with E-state index in [1.165, 1.54) is 0 Å². The van der Waals surface area contributed by atoms with E-state index in [9.17, 15) is 4.79 Å². The fourth-order valence-corrected chi connectivity index (χ4v) is 1.82. The summed E-state index contributed by atoms with van der Waals surface area (Å²) in [5.74, 6) is 0.861. The molecule has 1 aromatic rings. The molecule has 0 unspecified atom stereocenters. The molecule has 0 saturated carbocycles. The van der Waals surface area contributed by atoms with E-state index in [0.29, 0.717) is 19.6 Å². The van der Waals surface area contributed by atoms with Gasteiger partial charge in [-0.3, -0.25) is 4.79 Å². The Labute approximate surface area is 115 Å². The zero-order valence-electron chi connectivity index (χ0n) is 12.2. The lowest BCUT2D eigenvalue weighted by atomic mass is 10.0. The van der Waals surface area contributed by atoms with Crippen LogP contribution in [0.3, 0.4) is 0 Å². The molecule has 0 atom stereocenters. The minimum absolute atomic E-state index is 0.0287. The highest BCUT2D eigenvalue weighted by Crippen LogP contribution is 2.19. The number of carbonyl (C=O) groups is 1. The van der Waals surface area contributed by atoms with Crippen molar-refractivity contribution in [3.05, 3.63) is 29.3 Å². The first-order chi connectivity index (χ1) is 8.81. The summed E-state index contributed by atoms with van der Waals surface area (Å²) >= 11 is 0. The van der Waals surface area contributed by atoms with Crippen molar-refractivity contribution in [2.24, 2.45) is 5.73 Å². The zero-order valence-corrected chi connectivity index (χ0v) is 12.2. The molecule has 19 heavy (non-hydrogen) atoms. The van der Waals surface area contributed by atoms with Crippen molar-refractivity contribution in [1.82, 2.24) is 5.32 Å². The fraction of sp³-hybridized carbons (Fsp3) is 0.533. The van der Waals surface area contributed by atoms with Gasteiger partial charge in [-0.15, -0.1) is 0 Å². The third-order valence-electron chi connectivity index (χ3n) is 2.65. The third-order valence-corrected chi connectivity index (χ3v) is 2.65. The Balaban J connectivity index is 2.54. The van der Waals surface area contributed by atoms with Gasteiger partial charge in [0, 0.05) is 18.5 Å². The molecule has 1 rings (SSSR count). The van der Waals surface area contributed by atoms with Crippen molar-refractivity contribution in [3.63, 3.8) is 0 Å². The van der Waals surface area contributed by atoms with E-state index in [2.05, 4.69) is 5.32 Å². The monoisotopic (exact) mass is 264 g/mol. The number of carbonyl (C=O) groups excluding carboxylic acids is 1. The summed E-state index contributed by atoms with van der Waals surface area (Å²) in [6, 6.07) is 5.93. The summed E-state index contributed by atoms with van der Waals surface area (Å²) < 4.78 is 5.48. The van der Waals surface area contributed by atoms with Gasteiger partial charge in [0.05, 0.1) is 6.61 Å². The summed E-state index contributed by atoms with van der Waals surface area (Å²) in [7, 11) is 0. The van der Waals surface area contributed by atoms with Gasteiger partial charge in [-0.25, -0.2) is 0 Å². The Hall–Kier alpha value is -1.55. The van der Waals surface area contributed by atoms with Crippen LogP contribution >= 0.6 is 0 Å². The molecule has 4 nitrogen and oxygen atoms in total. The van der Waals surface area contributed by atoms with Crippen LogP contribution in [0.5, 0.6) is 5.75 Å². The topological polar surface area (TPSA) is 64.3 Å². The standard InChI is InChI=1S/C15H24N2O2/c1-5-19-13-7-6-12(8-11(13)2)10-17-14(18)9-15(3,4)16/h6-8H,5,9-10,16H2,1-4H3,(H,17,18). The molecule has 106 valence electrons. The number of aryl methyl sites for hydroxylation is 1. The van der Waals surface area contributed by atoms with E-state index in [0.717, 1.165) is 16.9 Å². The largest absolute Gasteiger partial charge is 0.494 e. The number of nitrogens with one attached hydrogen (secondary N) is 1. The first-order valence-electron chi connectivity index (χ1n) is 6.59. The van der Waals surface area contributed by atoms with Crippen LogP contribution in [-0.4, -0.2) is 18.1 Å². The number of rotatable bonds is 6. The third kappa shape index (κ3) is 5.75. The van der Waals surface area contributed by atoms with Gasteiger partial charge >= 0.3 is 0 Å². The molecule has 0 aromatic heterocycles. The Morgan fingerprint density at radius 2 is 2.11 bits per heavy atom. The molecular weight excluding hydrogens is 240 g/mol. The Kier molecular flexibility index (Phi) is 5.36. The number of benzene rings is 1. The first kappa shape index (κ1) is 15.5. The van der Waals surface area contributed by atoms with Crippen molar-refractivity contribution >= 4 is 5.91 Å². The quantitative estimate of drug-likeness (QED) is 0.827. The molecule has 0 fully saturated rings. The maximum absolute atomic E-state index is 11.7. The van der Waals surface area contributed by atoms with Crippen molar-refractivity contribution in [2.45, 2.75) is 46.2 Å². The highest BCUT2D eigenvalue weighted by molar-refractivity contribution is 5.77. The van der Waals surface area contributed by atoms with Crippen LogP contribution in [-0.2, 0) is 11.3 Å². The number of hydrogen-bond acceptors (Lipinski definition) is 3. The number of nitrogens with two attached hydrogens (primary N) is 1. The number of ether oxygens (including phenoxy) is 1. The minimum Gasteiger partial charge on any atom is -0.494 e. The predicted molar refractivity (Wildman–Crippen MR) is 77.1 cm³/mol. The molecule has 0 radical (unpaired) electrons. The van der Waals surface area contributed by atoms with Crippen molar-refractivity contribution in [3.8, 4) is 5.75 Å². The van der Waals surface area contributed by atoms with E-state index in [1.54, 1.807) is 0 Å². The lowest BCUT2D eigenvalue weighted by molar-refractivity contribution is -0.122. The summed E-state index contributed by atoms with van der Waals surface area (Å²) in [5, 5.41) is 2.87. The van der Waals surface area contributed by atoms with Gasteiger partial charge in [-0.2, -0.15) is 0 Å². The Morgan fingerprint density at radius 1 is 1.42 bits per heavy atom. The van der Waals surface area contributed by atoms with Gasteiger partial charge in [-0.1, -0.05) is 12.1 Å². The molecule has 0 spiro atoms. The second-order valence-electron chi connectivity index (χ2n) is 5.47. The molecule has 0 aliphatic rings. The maximum atomic E-state index is 11.7. The van der Waals surface area contributed by atoms with Crippen LogP contribution in [0.1, 0.15) is 38.3 Å². The molecule has 3 N–H and O–H groups in total. The van der Waals surface area contributed by atoms with E-state index < -0.39 is 5.54 Å². The molecule has 0 saturated heterocycles. The van der Waals surface area contributed by atoms with Crippen LogP contribution in [0, 0.1) is 6.92 Å². The van der Waals surface area contributed by atoms with E-state index in [4.69, 9.17) is 10.5 Å². The minimum atomic E-state index is -0.473. The van der Waals surface area contributed by atoms with Gasteiger partial charge in [0.2, 0.25) is 5.91 Å². The first-order valence-corrected chi connectivity index (χ1v) is 6.59. The zero-order chi connectivity index (χ0) is 14.5. The number of hydrogen-bond donors (Lipinski definition) is 2. The van der Waals surface area contributed by atoms with Gasteiger partial charge in [0.25, 0.3) is 0 Å². The second kappa shape index (κ2) is 6.57. The molecule has 1 aromatic carbocycles. The molecule has 0 aliphatic heterocycles. The maximum Gasteiger partial charge on any atom is 0.222 e. The summed E-state index contributed by atoms with van der Waals surface area (Å²) in [5.41, 5.74) is 7.47. The fourth-order valence-electron chi connectivity index (χ4n) is 1.82. The average molecular weight is 264 g/mol. The predicted octanol–water partition coefficient (Wildman–Crippen LogP) is 2.14. The van der Waals surface area contributed by atoms with E-state index in [-0.39, 0.29) is 5.91 Å². The van der Waals surface area contributed by atoms with Crippen LogP contribution in [0.25, 0.3) is 0 Å². The van der Waals surface area contributed by atoms with Crippen LogP contribution in [0.4, 0.5) is 0 Å². The lowest BCUT2D eigenvalue weighted by Crippen LogP contribution is -2.38. The second-order valence-corrected chi connectivity index (χ2v) is 5.47. The van der Waals surface area contributed by atoms with E-state index >= 15 is 0 Å². The van der Waals surface area contributed by atoms with Crippen molar-refractivity contribution in [1.29, 1.82) is 0 Å². The molecular formula is C15H24N2O2. The summed E-state index contributed by atoms with van der Waals surface area (Å²) in [4.78, 5) is 11.7. The average Bonchev–Trinajstić information content (AvgIpc) is 2.27. The summed E-state index contributed by atoms with van der Waals surface area (Å²) in [6.07, 6.45) is 0.322. The van der Waals surface area contributed by atoms with E-state index in [1.807, 2.05) is 45.9 Å². The highest BCUT2D eigenvalue weighted by Gasteiger charge is 2.15. The molecule has 4 heteroatoms. The van der Waals surface area contributed by atoms with Crippen molar-refractivity contribution in [2.75, 3.05) is 6.61 Å². The van der Waals surface area contributed by atoms with Crippen LogP contribution in [0.15, 0.2) is 18.2 Å². The van der Waals surface area contributed by atoms with Gasteiger partial charge < -0.3 is 15.8 Å². The van der Waals surface area contributed by atoms with Gasteiger partial charge in [-0.05, 0) is 44.9 Å². The lowest BCUT2D eigenvalue weighted by Gasteiger charge is -2.17. The van der Waals surface area contributed by atoms with Crippen LogP contribution in [0.2, 0.25) is 0 Å².